The zero-order chi connectivity index (χ0) is 17.8. The van der Waals surface area contributed by atoms with Gasteiger partial charge in [-0.2, -0.15) is 0 Å². The molecule has 3 rings (SSSR count). The Hall–Kier alpha value is -1.89. The second-order valence-electron chi connectivity index (χ2n) is 7.19. The molecule has 1 saturated heterocycles. The molecule has 0 bridgehead atoms. The zero-order valence-electron chi connectivity index (χ0n) is 15.1. The second-order valence-corrected chi connectivity index (χ2v) is 7.19. The van der Waals surface area contributed by atoms with E-state index in [1.807, 2.05) is 17.8 Å². The number of likely N-dealkylation sites (tertiary alicyclic amines) is 1. The van der Waals surface area contributed by atoms with Gasteiger partial charge in [0.15, 0.2) is 0 Å². The minimum Gasteiger partial charge on any atom is -0.368 e. The number of nitrogens with one attached hydrogen (secondary N) is 1. The van der Waals surface area contributed by atoms with Crippen molar-refractivity contribution in [3.8, 4) is 0 Å². The molecule has 2 heterocycles. The molecule has 0 spiro atoms. The summed E-state index contributed by atoms with van der Waals surface area (Å²) in [5.41, 5.74) is 0. The molecule has 2 amide bonds. The quantitative estimate of drug-likeness (QED) is 0.843. The van der Waals surface area contributed by atoms with E-state index < -0.39 is 0 Å². The fourth-order valence-corrected chi connectivity index (χ4v) is 3.90. The van der Waals surface area contributed by atoms with Crippen LogP contribution in [0.15, 0.2) is 12.4 Å². The number of carbonyl (C=O) groups excluding carboxylic acids is 2. The van der Waals surface area contributed by atoms with Gasteiger partial charge in [0.25, 0.3) is 0 Å². The van der Waals surface area contributed by atoms with E-state index in [0.29, 0.717) is 13.0 Å². The third kappa shape index (κ3) is 4.21. The van der Waals surface area contributed by atoms with Gasteiger partial charge < -0.3 is 19.5 Å². The van der Waals surface area contributed by atoms with Crippen molar-refractivity contribution in [3.05, 3.63) is 18.2 Å². The summed E-state index contributed by atoms with van der Waals surface area (Å²) < 4.78 is 7.65. The van der Waals surface area contributed by atoms with Gasteiger partial charge in [0.1, 0.15) is 12.4 Å². The normalized spacial score (nSPS) is 24.7. The summed E-state index contributed by atoms with van der Waals surface area (Å²) >= 11 is 0. The van der Waals surface area contributed by atoms with Crippen LogP contribution in [0.3, 0.4) is 0 Å². The topological polar surface area (TPSA) is 76.5 Å². The van der Waals surface area contributed by atoms with Crippen LogP contribution in [0, 0.1) is 5.92 Å². The Balaban J connectivity index is 1.51. The van der Waals surface area contributed by atoms with Gasteiger partial charge in [-0.25, -0.2) is 4.98 Å². The maximum absolute atomic E-state index is 12.1. The number of aryl methyl sites for hydroxylation is 1. The van der Waals surface area contributed by atoms with Crippen molar-refractivity contribution in [2.75, 3.05) is 20.2 Å². The average Bonchev–Trinajstić information content (AvgIpc) is 3.15. The number of hydrogen-bond donors (Lipinski definition) is 1. The lowest BCUT2D eigenvalue weighted by molar-refractivity contribution is -0.129. The molecule has 7 heteroatoms. The minimum absolute atomic E-state index is 0.0252. The summed E-state index contributed by atoms with van der Waals surface area (Å²) in [5.74, 6) is 0.861. The molecule has 0 unspecified atom stereocenters. The summed E-state index contributed by atoms with van der Waals surface area (Å²) in [7, 11) is 3.72. The fraction of sp³-hybridized carbons (Fsp3) is 0.722. The molecule has 1 saturated carbocycles. The third-order valence-corrected chi connectivity index (χ3v) is 5.38. The Kier molecular flexibility index (Phi) is 5.73. The van der Waals surface area contributed by atoms with E-state index in [1.165, 1.54) is 19.3 Å². The standard InChI is InChI=1S/C18H28N4O3/c1-21-9-8-19-18(21)17-13(10-16(24)22(17)2)11-20-15(23)12-25-14-6-4-3-5-7-14/h8-9,13-14,17H,3-7,10-12H2,1-2H3,(H,20,23)/t13-,17+/m0/s1. The molecule has 138 valence electrons. The molecular weight excluding hydrogens is 320 g/mol. The zero-order valence-corrected chi connectivity index (χ0v) is 15.1. The molecule has 1 aliphatic heterocycles. The Morgan fingerprint density at radius 3 is 2.76 bits per heavy atom. The van der Waals surface area contributed by atoms with E-state index >= 15 is 0 Å². The fourth-order valence-electron chi connectivity index (χ4n) is 3.90. The number of rotatable bonds is 6. The molecule has 2 fully saturated rings. The molecule has 0 radical (unpaired) electrons. The van der Waals surface area contributed by atoms with Crippen molar-refractivity contribution in [2.24, 2.45) is 13.0 Å². The van der Waals surface area contributed by atoms with Gasteiger partial charge in [-0.1, -0.05) is 19.3 Å². The molecule has 1 N–H and O–H groups in total. The lowest BCUT2D eigenvalue weighted by atomic mass is 9.98. The van der Waals surface area contributed by atoms with E-state index in [0.717, 1.165) is 18.7 Å². The second kappa shape index (κ2) is 7.99. The predicted octanol–water partition coefficient (Wildman–Crippen LogP) is 1.40. The molecule has 7 nitrogen and oxygen atoms in total. The van der Waals surface area contributed by atoms with E-state index in [9.17, 15) is 9.59 Å². The van der Waals surface area contributed by atoms with Gasteiger partial charge >= 0.3 is 0 Å². The first-order valence-electron chi connectivity index (χ1n) is 9.17. The number of imidazole rings is 1. The maximum atomic E-state index is 12.1. The molecule has 0 aromatic carbocycles. The molecule has 1 aromatic heterocycles. The number of carbonyl (C=O) groups is 2. The van der Waals surface area contributed by atoms with Crippen molar-refractivity contribution >= 4 is 11.8 Å². The highest BCUT2D eigenvalue weighted by molar-refractivity contribution is 5.80. The lowest BCUT2D eigenvalue weighted by Gasteiger charge is -2.25. The van der Waals surface area contributed by atoms with E-state index in [4.69, 9.17) is 4.74 Å². The van der Waals surface area contributed by atoms with Crippen molar-refractivity contribution in [2.45, 2.75) is 50.7 Å². The van der Waals surface area contributed by atoms with Gasteiger partial charge in [0.2, 0.25) is 11.8 Å². The van der Waals surface area contributed by atoms with Crippen LogP contribution < -0.4 is 5.32 Å². The molecular formula is C18H28N4O3. The van der Waals surface area contributed by atoms with E-state index in [-0.39, 0.29) is 36.5 Å². The molecule has 1 aromatic rings. The smallest absolute Gasteiger partial charge is 0.246 e. The Bertz CT molecular complexity index is 609. The summed E-state index contributed by atoms with van der Waals surface area (Å²) in [4.78, 5) is 30.4. The summed E-state index contributed by atoms with van der Waals surface area (Å²) in [6.45, 7) is 0.564. The third-order valence-electron chi connectivity index (χ3n) is 5.38. The van der Waals surface area contributed by atoms with Crippen LogP contribution in [0.1, 0.15) is 50.4 Å². The minimum atomic E-state index is -0.105. The van der Waals surface area contributed by atoms with Gasteiger partial charge in [0, 0.05) is 45.4 Å². The number of hydrogen-bond acceptors (Lipinski definition) is 4. The number of nitrogens with zero attached hydrogens (tertiary/aromatic N) is 3. The van der Waals surface area contributed by atoms with Gasteiger partial charge in [-0.3, -0.25) is 9.59 Å². The summed E-state index contributed by atoms with van der Waals surface area (Å²) in [5, 5.41) is 2.94. The summed E-state index contributed by atoms with van der Waals surface area (Å²) in [6.07, 6.45) is 10.0. The highest BCUT2D eigenvalue weighted by Crippen LogP contribution is 2.35. The van der Waals surface area contributed by atoms with Crippen LogP contribution in [0.5, 0.6) is 0 Å². The predicted molar refractivity (Wildman–Crippen MR) is 92.7 cm³/mol. The first-order valence-corrected chi connectivity index (χ1v) is 9.17. The van der Waals surface area contributed by atoms with E-state index in [2.05, 4.69) is 10.3 Å². The Morgan fingerprint density at radius 2 is 2.08 bits per heavy atom. The van der Waals surface area contributed by atoms with Gasteiger partial charge in [0.05, 0.1) is 12.1 Å². The number of amides is 2. The van der Waals surface area contributed by atoms with Crippen LogP contribution in [0.2, 0.25) is 0 Å². The van der Waals surface area contributed by atoms with Gasteiger partial charge in [-0.15, -0.1) is 0 Å². The van der Waals surface area contributed by atoms with Crippen molar-refractivity contribution in [3.63, 3.8) is 0 Å². The van der Waals surface area contributed by atoms with Crippen LogP contribution in [-0.4, -0.2) is 52.6 Å². The van der Waals surface area contributed by atoms with Crippen LogP contribution in [0.4, 0.5) is 0 Å². The number of aromatic nitrogens is 2. The largest absolute Gasteiger partial charge is 0.368 e. The Labute approximate surface area is 148 Å². The van der Waals surface area contributed by atoms with Crippen LogP contribution in [0.25, 0.3) is 0 Å². The monoisotopic (exact) mass is 348 g/mol. The lowest BCUT2D eigenvalue weighted by Crippen LogP contribution is -2.36. The van der Waals surface area contributed by atoms with Gasteiger partial charge in [-0.05, 0) is 12.8 Å². The van der Waals surface area contributed by atoms with Crippen LogP contribution >= 0.6 is 0 Å². The van der Waals surface area contributed by atoms with Crippen molar-refractivity contribution in [1.82, 2.24) is 19.8 Å². The summed E-state index contributed by atoms with van der Waals surface area (Å²) in [6, 6.07) is -0.105. The van der Waals surface area contributed by atoms with Crippen LogP contribution in [-0.2, 0) is 21.4 Å². The van der Waals surface area contributed by atoms with Crippen molar-refractivity contribution < 1.29 is 14.3 Å². The molecule has 2 atom stereocenters. The number of ether oxygens (including phenoxy) is 1. The first-order chi connectivity index (χ1) is 12.1. The van der Waals surface area contributed by atoms with Crippen molar-refractivity contribution in [1.29, 1.82) is 0 Å². The first kappa shape index (κ1) is 17.9. The molecule has 2 aliphatic rings. The average molecular weight is 348 g/mol. The Morgan fingerprint density at radius 1 is 1.32 bits per heavy atom. The highest BCUT2D eigenvalue weighted by Gasteiger charge is 2.40. The molecule has 25 heavy (non-hydrogen) atoms. The highest BCUT2D eigenvalue weighted by atomic mass is 16.5. The SMILES string of the molecule is CN1C(=O)C[C@@H](CNC(=O)COC2CCCCC2)[C@@H]1c1nccn1C. The molecule has 1 aliphatic carbocycles. The van der Waals surface area contributed by atoms with E-state index in [1.54, 1.807) is 18.1 Å². The maximum Gasteiger partial charge on any atom is 0.246 e.